The van der Waals surface area contributed by atoms with Crippen LogP contribution < -0.4 is 5.73 Å². The highest BCUT2D eigenvalue weighted by Crippen LogP contribution is 2.05. The second kappa shape index (κ2) is 6.22. The van der Waals surface area contributed by atoms with Crippen molar-refractivity contribution in [1.82, 2.24) is 4.90 Å². The molecule has 0 spiro atoms. The molecule has 14 heavy (non-hydrogen) atoms. The Morgan fingerprint density at radius 3 is 2.29 bits per heavy atom. The highest BCUT2D eigenvalue weighted by molar-refractivity contribution is 5.85. The maximum Gasteiger partial charge on any atom is 0.239 e. The van der Waals surface area contributed by atoms with E-state index < -0.39 is 0 Å². The van der Waals surface area contributed by atoms with E-state index in [1.807, 2.05) is 13.8 Å². The van der Waals surface area contributed by atoms with Crippen molar-refractivity contribution < 1.29 is 9.53 Å². The lowest BCUT2D eigenvalue weighted by atomic mass is 10.0. The Balaban J connectivity index is 0.00000169. The van der Waals surface area contributed by atoms with Gasteiger partial charge in [0.2, 0.25) is 5.91 Å². The molecule has 0 aliphatic carbocycles. The monoisotopic (exact) mass is 222 g/mol. The van der Waals surface area contributed by atoms with E-state index in [0.29, 0.717) is 26.3 Å². The van der Waals surface area contributed by atoms with Crippen LogP contribution in [0, 0.1) is 5.92 Å². The number of carbonyl (C=O) groups excluding carboxylic acids is 1. The molecule has 1 fully saturated rings. The van der Waals surface area contributed by atoms with Crippen LogP contribution in [0.5, 0.6) is 0 Å². The van der Waals surface area contributed by atoms with E-state index >= 15 is 0 Å². The van der Waals surface area contributed by atoms with Crippen LogP contribution in [0.4, 0.5) is 0 Å². The molecule has 1 aliphatic rings. The number of nitrogens with zero attached hydrogens (tertiary/aromatic N) is 1. The molecular formula is C9H19ClN2O2. The molecule has 0 saturated carbocycles. The number of ether oxygens (including phenoxy) is 1. The zero-order chi connectivity index (χ0) is 9.84. The molecule has 2 N–H and O–H groups in total. The van der Waals surface area contributed by atoms with Crippen LogP contribution in [0.3, 0.4) is 0 Å². The van der Waals surface area contributed by atoms with Crippen LogP contribution in [0.25, 0.3) is 0 Å². The van der Waals surface area contributed by atoms with Crippen molar-refractivity contribution in [2.45, 2.75) is 19.9 Å². The van der Waals surface area contributed by atoms with Crippen LogP contribution in [0.1, 0.15) is 13.8 Å². The lowest BCUT2D eigenvalue weighted by molar-refractivity contribution is -0.137. The Morgan fingerprint density at radius 1 is 1.36 bits per heavy atom. The molecule has 0 bridgehead atoms. The van der Waals surface area contributed by atoms with Gasteiger partial charge in [-0.05, 0) is 5.92 Å². The van der Waals surface area contributed by atoms with Gasteiger partial charge in [-0.25, -0.2) is 0 Å². The predicted molar refractivity (Wildman–Crippen MR) is 57.5 cm³/mol. The zero-order valence-electron chi connectivity index (χ0n) is 8.73. The third kappa shape index (κ3) is 3.44. The quantitative estimate of drug-likeness (QED) is 0.729. The number of rotatable bonds is 2. The number of halogens is 1. The lowest BCUT2D eigenvalue weighted by Gasteiger charge is -2.30. The van der Waals surface area contributed by atoms with E-state index in [9.17, 15) is 4.79 Å². The van der Waals surface area contributed by atoms with Gasteiger partial charge in [-0.15, -0.1) is 12.4 Å². The van der Waals surface area contributed by atoms with Crippen LogP contribution in [-0.4, -0.2) is 43.2 Å². The second-order valence-electron chi connectivity index (χ2n) is 3.71. The third-order valence-corrected chi connectivity index (χ3v) is 2.33. The summed E-state index contributed by atoms with van der Waals surface area (Å²) in [5, 5.41) is 0. The van der Waals surface area contributed by atoms with Crippen molar-refractivity contribution >= 4 is 18.3 Å². The summed E-state index contributed by atoms with van der Waals surface area (Å²) in [6, 6.07) is -0.363. The Labute approximate surface area is 91.2 Å². The van der Waals surface area contributed by atoms with Gasteiger partial charge in [0.15, 0.2) is 0 Å². The van der Waals surface area contributed by atoms with Gasteiger partial charge in [0.25, 0.3) is 0 Å². The van der Waals surface area contributed by atoms with E-state index in [0.717, 1.165) is 0 Å². The highest BCUT2D eigenvalue weighted by atomic mass is 35.5. The number of nitrogens with two attached hydrogens (primary N) is 1. The SMILES string of the molecule is CC(C)[C@H](N)C(=O)N1CCOCC1.Cl. The first-order valence-electron chi connectivity index (χ1n) is 4.75. The summed E-state index contributed by atoms with van der Waals surface area (Å²) in [6.45, 7) is 6.55. The average molecular weight is 223 g/mol. The Bertz CT molecular complexity index is 182. The summed E-state index contributed by atoms with van der Waals surface area (Å²) < 4.78 is 5.16. The van der Waals surface area contributed by atoms with Crippen LogP contribution in [0.2, 0.25) is 0 Å². The molecule has 0 unspecified atom stereocenters. The number of hydrogen-bond donors (Lipinski definition) is 1. The molecule has 1 rings (SSSR count). The molecule has 0 radical (unpaired) electrons. The Kier molecular flexibility index (Phi) is 6.08. The third-order valence-electron chi connectivity index (χ3n) is 2.33. The van der Waals surface area contributed by atoms with E-state index in [2.05, 4.69) is 0 Å². The molecule has 1 amide bonds. The summed E-state index contributed by atoms with van der Waals surface area (Å²) >= 11 is 0. The van der Waals surface area contributed by atoms with Gasteiger partial charge in [-0.2, -0.15) is 0 Å². The first-order valence-corrected chi connectivity index (χ1v) is 4.75. The summed E-state index contributed by atoms with van der Waals surface area (Å²) in [7, 11) is 0. The predicted octanol–water partition coefficient (Wildman–Crippen LogP) is 0.250. The number of amides is 1. The van der Waals surface area contributed by atoms with Gasteiger partial charge in [-0.1, -0.05) is 13.8 Å². The molecule has 0 aromatic heterocycles. The van der Waals surface area contributed by atoms with Gasteiger partial charge in [0, 0.05) is 13.1 Å². The first-order chi connectivity index (χ1) is 6.13. The Hall–Kier alpha value is -0.320. The largest absolute Gasteiger partial charge is 0.378 e. The molecule has 0 aromatic carbocycles. The molecular weight excluding hydrogens is 204 g/mol. The maximum atomic E-state index is 11.7. The van der Waals surface area contributed by atoms with Gasteiger partial charge < -0.3 is 15.4 Å². The average Bonchev–Trinajstić information content (AvgIpc) is 2.17. The normalized spacial score (nSPS) is 19.0. The summed E-state index contributed by atoms with van der Waals surface area (Å²) in [5.41, 5.74) is 5.76. The molecule has 0 aromatic rings. The molecule has 4 nitrogen and oxygen atoms in total. The summed E-state index contributed by atoms with van der Waals surface area (Å²) in [6.07, 6.45) is 0. The van der Waals surface area contributed by atoms with E-state index in [1.54, 1.807) is 4.90 Å². The standard InChI is InChI=1S/C9H18N2O2.ClH/c1-7(2)8(10)9(12)11-3-5-13-6-4-11;/h7-8H,3-6,10H2,1-2H3;1H/t8-;/m0./s1. The van der Waals surface area contributed by atoms with Crippen molar-refractivity contribution in [1.29, 1.82) is 0 Å². The lowest BCUT2D eigenvalue weighted by Crippen LogP contribution is -2.50. The van der Waals surface area contributed by atoms with Crippen molar-refractivity contribution in [3.05, 3.63) is 0 Å². The molecule has 84 valence electrons. The van der Waals surface area contributed by atoms with Crippen molar-refractivity contribution in [2.75, 3.05) is 26.3 Å². The minimum Gasteiger partial charge on any atom is -0.378 e. The van der Waals surface area contributed by atoms with Crippen molar-refractivity contribution in [3.63, 3.8) is 0 Å². The smallest absolute Gasteiger partial charge is 0.239 e. The fourth-order valence-corrected chi connectivity index (χ4v) is 1.28. The van der Waals surface area contributed by atoms with Crippen LogP contribution >= 0.6 is 12.4 Å². The van der Waals surface area contributed by atoms with Crippen LogP contribution in [0.15, 0.2) is 0 Å². The van der Waals surface area contributed by atoms with E-state index in [1.165, 1.54) is 0 Å². The number of carbonyl (C=O) groups is 1. The molecule has 1 aliphatic heterocycles. The molecule has 1 heterocycles. The summed E-state index contributed by atoms with van der Waals surface area (Å²) in [4.78, 5) is 13.5. The highest BCUT2D eigenvalue weighted by Gasteiger charge is 2.24. The minimum absolute atomic E-state index is 0. The number of hydrogen-bond acceptors (Lipinski definition) is 3. The van der Waals surface area contributed by atoms with Crippen LogP contribution in [-0.2, 0) is 9.53 Å². The maximum absolute atomic E-state index is 11.7. The minimum atomic E-state index is -0.363. The van der Waals surface area contributed by atoms with Gasteiger partial charge in [0.1, 0.15) is 0 Å². The first kappa shape index (κ1) is 13.7. The molecule has 1 atom stereocenters. The van der Waals surface area contributed by atoms with Crippen molar-refractivity contribution in [3.8, 4) is 0 Å². The van der Waals surface area contributed by atoms with Gasteiger partial charge in [-0.3, -0.25) is 4.79 Å². The fourth-order valence-electron chi connectivity index (χ4n) is 1.28. The van der Waals surface area contributed by atoms with E-state index in [-0.39, 0.29) is 30.3 Å². The number of morpholine rings is 1. The van der Waals surface area contributed by atoms with E-state index in [4.69, 9.17) is 10.5 Å². The van der Waals surface area contributed by atoms with Gasteiger partial charge in [0.05, 0.1) is 19.3 Å². The molecule has 1 saturated heterocycles. The zero-order valence-corrected chi connectivity index (χ0v) is 9.55. The fraction of sp³-hybridized carbons (Fsp3) is 0.889. The second-order valence-corrected chi connectivity index (χ2v) is 3.71. The summed E-state index contributed by atoms with van der Waals surface area (Å²) in [5.74, 6) is 0.258. The van der Waals surface area contributed by atoms with Crippen molar-refractivity contribution in [2.24, 2.45) is 11.7 Å². The topological polar surface area (TPSA) is 55.6 Å². The van der Waals surface area contributed by atoms with Gasteiger partial charge >= 0.3 is 0 Å². The molecule has 5 heteroatoms. The Morgan fingerprint density at radius 2 is 1.86 bits per heavy atom.